The summed E-state index contributed by atoms with van der Waals surface area (Å²) in [6.45, 7) is 5.00. The fraction of sp³-hybridized carbons (Fsp3) is 0.579. The van der Waals surface area contributed by atoms with E-state index in [1.165, 1.54) is 5.56 Å². The second-order valence-electron chi connectivity index (χ2n) is 6.20. The van der Waals surface area contributed by atoms with Crippen LogP contribution in [0.25, 0.3) is 0 Å². The molecule has 1 saturated heterocycles. The maximum absolute atomic E-state index is 12.4. The van der Waals surface area contributed by atoms with Gasteiger partial charge in [-0.2, -0.15) is 0 Å². The molecule has 0 aliphatic carbocycles. The third-order valence-corrected chi connectivity index (χ3v) is 4.42. The van der Waals surface area contributed by atoms with E-state index >= 15 is 0 Å². The Labute approximate surface area is 139 Å². The molecular formula is C19H28N2O2. The van der Waals surface area contributed by atoms with E-state index in [9.17, 15) is 9.59 Å². The van der Waals surface area contributed by atoms with Crippen molar-refractivity contribution in [2.45, 2.75) is 45.4 Å². The van der Waals surface area contributed by atoms with Gasteiger partial charge in [-0.15, -0.1) is 0 Å². The van der Waals surface area contributed by atoms with Crippen molar-refractivity contribution >= 4 is 11.8 Å². The molecule has 0 bridgehead atoms. The normalized spacial score (nSPS) is 15.3. The van der Waals surface area contributed by atoms with Gasteiger partial charge in [0.2, 0.25) is 11.8 Å². The predicted molar refractivity (Wildman–Crippen MR) is 92.1 cm³/mol. The van der Waals surface area contributed by atoms with Crippen molar-refractivity contribution in [3.05, 3.63) is 35.9 Å². The van der Waals surface area contributed by atoms with Crippen LogP contribution in [0.15, 0.2) is 30.3 Å². The summed E-state index contributed by atoms with van der Waals surface area (Å²) in [5.74, 6) is 0.446. The number of amides is 2. The zero-order valence-electron chi connectivity index (χ0n) is 14.2. The number of hydrogen-bond donors (Lipinski definition) is 0. The van der Waals surface area contributed by atoms with E-state index in [0.717, 1.165) is 38.8 Å². The minimum atomic E-state index is 0.205. The summed E-state index contributed by atoms with van der Waals surface area (Å²) < 4.78 is 0. The molecule has 0 aromatic heterocycles. The van der Waals surface area contributed by atoms with Gasteiger partial charge in [-0.05, 0) is 24.8 Å². The Morgan fingerprint density at radius 2 is 1.52 bits per heavy atom. The summed E-state index contributed by atoms with van der Waals surface area (Å²) in [6.07, 6.45) is 4.86. The van der Waals surface area contributed by atoms with Crippen molar-refractivity contribution in [1.29, 1.82) is 0 Å². The van der Waals surface area contributed by atoms with E-state index in [2.05, 4.69) is 19.1 Å². The third kappa shape index (κ3) is 5.70. The highest BCUT2D eigenvalue weighted by Crippen LogP contribution is 2.10. The predicted octanol–water partition coefficient (Wildman–Crippen LogP) is 2.87. The number of hydrogen-bond acceptors (Lipinski definition) is 2. The fourth-order valence-electron chi connectivity index (χ4n) is 2.96. The van der Waals surface area contributed by atoms with Crippen LogP contribution in [0, 0.1) is 0 Å². The van der Waals surface area contributed by atoms with Gasteiger partial charge in [-0.3, -0.25) is 9.59 Å². The molecule has 1 aliphatic rings. The smallest absolute Gasteiger partial charge is 0.222 e. The molecule has 2 amide bonds. The Hall–Kier alpha value is -1.84. The summed E-state index contributed by atoms with van der Waals surface area (Å²) in [6, 6.07) is 10.1. The molecule has 126 valence electrons. The zero-order valence-corrected chi connectivity index (χ0v) is 14.2. The summed E-state index contributed by atoms with van der Waals surface area (Å²) in [7, 11) is 0. The van der Waals surface area contributed by atoms with Gasteiger partial charge in [0.25, 0.3) is 0 Å². The monoisotopic (exact) mass is 316 g/mol. The van der Waals surface area contributed by atoms with Crippen LogP contribution in [0.3, 0.4) is 0 Å². The van der Waals surface area contributed by atoms with Crippen LogP contribution in [0.2, 0.25) is 0 Å². The number of aryl methyl sites for hydroxylation is 1. The number of benzene rings is 1. The van der Waals surface area contributed by atoms with Gasteiger partial charge >= 0.3 is 0 Å². The van der Waals surface area contributed by atoms with Crippen LogP contribution in [0.4, 0.5) is 0 Å². The van der Waals surface area contributed by atoms with Crippen molar-refractivity contribution < 1.29 is 9.59 Å². The molecule has 0 unspecified atom stereocenters. The highest BCUT2D eigenvalue weighted by atomic mass is 16.2. The summed E-state index contributed by atoms with van der Waals surface area (Å²) in [4.78, 5) is 28.4. The summed E-state index contributed by atoms with van der Waals surface area (Å²) in [5.41, 5.74) is 1.20. The van der Waals surface area contributed by atoms with E-state index < -0.39 is 0 Å². The molecule has 0 spiro atoms. The maximum Gasteiger partial charge on any atom is 0.222 e. The lowest BCUT2D eigenvalue weighted by atomic mass is 10.1. The Bertz CT molecular complexity index is 501. The minimum Gasteiger partial charge on any atom is -0.341 e. The lowest BCUT2D eigenvalue weighted by molar-refractivity contribution is -0.133. The Morgan fingerprint density at radius 1 is 0.913 bits per heavy atom. The molecule has 0 N–H and O–H groups in total. The standard InChI is InChI=1S/C19H28N2O2/c1-2-3-10-18(22)20-13-7-14-21(16-15-20)19(23)12-11-17-8-5-4-6-9-17/h4-6,8-9H,2-3,7,10-16H2,1H3. The number of unbranched alkanes of at least 4 members (excludes halogenated alkanes) is 1. The fourth-order valence-corrected chi connectivity index (χ4v) is 2.96. The van der Waals surface area contributed by atoms with E-state index in [1.807, 2.05) is 28.0 Å². The number of carbonyl (C=O) groups is 2. The van der Waals surface area contributed by atoms with Gasteiger partial charge in [0, 0.05) is 39.0 Å². The summed E-state index contributed by atoms with van der Waals surface area (Å²) >= 11 is 0. The minimum absolute atomic E-state index is 0.205. The Kier molecular flexibility index (Phi) is 7.11. The highest BCUT2D eigenvalue weighted by Gasteiger charge is 2.21. The topological polar surface area (TPSA) is 40.6 Å². The van der Waals surface area contributed by atoms with Gasteiger partial charge in [0.05, 0.1) is 0 Å². The van der Waals surface area contributed by atoms with Crippen LogP contribution in [0.1, 0.15) is 44.6 Å². The lowest BCUT2D eigenvalue weighted by Gasteiger charge is -2.22. The highest BCUT2D eigenvalue weighted by molar-refractivity contribution is 5.78. The zero-order chi connectivity index (χ0) is 16.5. The largest absolute Gasteiger partial charge is 0.341 e. The first kappa shape index (κ1) is 17.5. The van der Waals surface area contributed by atoms with Crippen LogP contribution < -0.4 is 0 Å². The molecule has 0 atom stereocenters. The lowest BCUT2D eigenvalue weighted by Crippen LogP contribution is -2.37. The molecule has 1 aromatic rings. The van der Waals surface area contributed by atoms with Gasteiger partial charge in [-0.25, -0.2) is 0 Å². The molecule has 1 heterocycles. The van der Waals surface area contributed by atoms with E-state index in [0.29, 0.717) is 25.9 Å². The van der Waals surface area contributed by atoms with Crippen LogP contribution in [-0.4, -0.2) is 47.8 Å². The second kappa shape index (κ2) is 9.33. The third-order valence-electron chi connectivity index (χ3n) is 4.42. The Morgan fingerprint density at radius 3 is 2.13 bits per heavy atom. The molecule has 4 nitrogen and oxygen atoms in total. The molecular weight excluding hydrogens is 288 g/mol. The van der Waals surface area contributed by atoms with Crippen LogP contribution >= 0.6 is 0 Å². The van der Waals surface area contributed by atoms with Gasteiger partial charge in [-0.1, -0.05) is 43.7 Å². The first-order valence-electron chi connectivity index (χ1n) is 8.80. The van der Waals surface area contributed by atoms with Crippen molar-refractivity contribution in [3.63, 3.8) is 0 Å². The SMILES string of the molecule is CCCCC(=O)N1CCCN(C(=O)CCc2ccccc2)CC1. The molecule has 1 fully saturated rings. The maximum atomic E-state index is 12.4. The van der Waals surface area contributed by atoms with E-state index in [1.54, 1.807) is 0 Å². The number of rotatable bonds is 6. The van der Waals surface area contributed by atoms with Crippen molar-refractivity contribution in [2.24, 2.45) is 0 Å². The van der Waals surface area contributed by atoms with Crippen LogP contribution in [-0.2, 0) is 16.0 Å². The van der Waals surface area contributed by atoms with Gasteiger partial charge < -0.3 is 9.80 Å². The molecule has 0 radical (unpaired) electrons. The van der Waals surface area contributed by atoms with Gasteiger partial charge in [0.15, 0.2) is 0 Å². The molecule has 2 rings (SSSR count). The second-order valence-corrected chi connectivity index (χ2v) is 6.20. The summed E-state index contributed by atoms with van der Waals surface area (Å²) in [5, 5.41) is 0. The van der Waals surface area contributed by atoms with E-state index in [4.69, 9.17) is 0 Å². The quantitative estimate of drug-likeness (QED) is 0.810. The van der Waals surface area contributed by atoms with Crippen molar-refractivity contribution in [2.75, 3.05) is 26.2 Å². The first-order chi connectivity index (χ1) is 11.2. The molecule has 1 aromatic carbocycles. The molecule has 4 heteroatoms. The Balaban J connectivity index is 1.78. The number of carbonyl (C=O) groups excluding carboxylic acids is 2. The average molecular weight is 316 g/mol. The molecule has 23 heavy (non-hydrogen) atoms. The first-order valence-corrected chi connectivity index (χ1v) is 8.80. The molecule has 0 saturated carbocycles. The van der Waals surface area contributed by atoms with Gasteiger partial charge in [0.1, 0.15) is 0 Å². The average Bonchev–Trinajstić information content (AvgIpc) is 2.84. The molecule has 1 aliphatic heterocycles. The number of nitrogens with zero attached hydrogens (tertiary/aromatic N) is 2. The van der Waals surface area contributed by atoms with Crippen LogP contribution in [0.5, 0.6) is 0 Å². The van der Waals surface area contributed by atoms with Crippen molar-refractivity contribution in [3.8, 4) is 0 Å². The van der Waals surface area contributed by atoms with Crippen molar-refractivity contribution in [1.82, 2.24) is 9.80 Å². The van der Waals surface area contributed by atoms with E-state index in [-0.39, 0.29) is 11.8 Å².